The van der Waals surface area contributed by atoms with E-state index < -0.39 is 15.6 Å². The average molecular weight is 544 g/mol. The maximum absolute atomic E-state index is 13.7. The van der Waals surface area contributed by atoms with Crippen LogP contribution in [0, 0.1) is 27.7 Å². The van der Waals surface area contributed by atoms with Crippen molar-refractivity contribution in [3.63, 3.8) is 0 Å². The van der Waals surface area contributed by atoms with E-state index in [0.717, 1.165) is 44.2 Å². The van der Waals surface area contributed by atoms with E-state index in [4.69, 9.17) is 4.74 Å². The molecule has 0 saturated carbocycles. The zero-order valence-electron chi connectivity index (χ0n) is 23.8. The molecule has 4 aromatic carbocycles. The highest BCUT2D eigenvalue weighted by atomic mass is 32.2. The van der Waals surface area contributed by atoms with E-state index in [1.807, 2.05) is 115 Å². The molecule has 0 aromatic heterocycles. The number of aryl methyl sites for hydroxylation is 2. The Hall–Kier alpha value is -3.64. The van der Waals surface area contributed by atoms with Gasteiger partial charge in [-0.15, -0.1) is 0 Å². The Morgan fingerprint density at radius 1 is 0.821 bits per heavy atom. The van der Waals surface area contributed by atoms with E-state index in [-0.39, 0.29) is 18.3 Å². The first kappa shape index (κ1) is 28.4. The number of fused-ring (bicyclic) bond motifs is 1. The van der Waals surface area contributed by atoms with Crippen molar-refractivity contribution in [1.82, 2.24) is 0 Å². The van der Waals surface area contributed by atoms with Gasteiger partial charge < -0.3 is 4.74 Å². The first-order valence-corrected chi connectivity index (χ1v) is 14.7. The number of nitrogens with one attached hydrogen (secondary N) is 1. The third-order valence-corrected chi connectivity index (χ3v) is 8.77. The van der Waals surface area contributed by atoms with Crippen molar-refractivity contribution in [2.45, 2.75) is 71.3 Å². The van der Waals surface area contributed by atoms with Crippen LogP contribution in [-0.4, -0.2) is 20.0 Å². The van der Waals surface area contributed by atoms with Crippen molar-refractivity contribution in [2.75, 3.05) is 4.72 Å². The monoisotopic (exact) mass is 543 g/mol. The van der Waals surface area contributed by atoms with Crippen LogP contribution in [0.1, 0.15) is 66.5 Å². The smallest absolute Gasteiger partial charge is 0.307 e. The van der Waals surface area contributed by atoms with Crippen LogP contribution in [0.5, 0.6) is 0 Å². The molecule has 1 unspecified atom stereocenters. The molecule has 204 valence electrons. The van der Waals surface area contributed by atoms with Crippen molar-refractivity contribution in [2.24, 2.45) is 0 Å². The maximum atomic E-state index is 13.7. The average Bonchev–Trinajstić information content (AvgIpc) is 2.86. The Bertz CT molecular complexity index is 1610. The van der Waals surface area contributed by atoms with Gasteiger partial charge >= 0.3 is 5.97 Å². The number of hydrogen-bond acceptors (Lipinski definition) is 4. The predicted octanol–water partition coefficient (Wildman–Crippen LogP) is 7.74. The second-order valence-corrected chi connectivity index (χ2v) is 12.8. The fourth-order valence-electron chi connectivity index (χ4n) is 5.14. The van der Waals surface area contributed by atoms with Crippen molar-refractivity contribution < 1.29 is 17.9 Å². The molecule has 39 heavy (non-hydrogen) atoms. The van der Waals surface area contributed by atoms with Gasteiger partial charge in [0.15, 0.2) is 0 Å². The molecular formula is C33H37NO4S. The lowest BCUT2D eigenvalue weighted by Crippen LogP contribution is -2.25. The van der Waals surface area contributed by atoms with Crippen LogP contribution in [0.2, 0.25) is 0 Å². The summed E-state index contributed by atoms with van der Waals surface area (Å²) in [6, 6.07) is 23.3. The molecule has 0 fully saturated rings. The largest absolute Gasteiger partial charge is 0.460 e. The number of ether oxygens (including phenoxy) is 1. The van der Waals surface area contributed by atoms with Crippen LogP contribution in [0.25, 0.3) is 10.8 Å². The topological polar surface area (TPSA) is 72.5 Å². The number of rotatable bonds is 7. The van der Waals surface area contributed by atoms with Gasteiger partial charge in [0.25, 0.3) is 10.0 Å². The summed E-state index contributed by atoms with van der Waals surface area (Å²) in [4.78, 5) is 13.3. The van der Waals surface area contributed by atoms with E-state index in [1.54, 1.807) is 6.07 Å². The summed E-state index contributed by atoms with van der Waals surface area (Å²) < 4.78 is 36.0. The van der Waals surface area contributed by atoms with Crippen LogP contribution in [0.15, 0.2) is 77.7 Å². The number of carbonyl (C=O) groups is 1. The van der Waals surface area contributed by atoms with E-state index in [1.165, 1.54) is 0 Å². The van der Waals surface area contributed by atoms with Crippen molar-refractivity contribution in [3.8, 4) is 0 Å². The molecule has 1 atom stereocenters. The molecule has 0 saturated heterocycles. The molecule has 0 bridgehead atoms. The molecule has 4 aromatic rings. The number of esters is 1. The van der Waals surface area contributed by atoms with Crippen LogP contribution in [0.3, 0.4) is 0 Å². The molecule has 0 amide bonds. The van der Waals surface area contributed by atoms with Gasteiger partial charge in [0.1, 0.15) is 5.60 Å². The fourth-order valence-corrected chi connectivity index (χ4v) is 6.84. The molecular weight excluding hydrogens is 506 g/mol. The third kappa shape index (κ3) is 6.17. The highest BCUT2D eigenvalue weighted by molar-refractivity contribution is 7.92. The number of sulfonamides is 1. The highest BCUT2D eigenvalue weighted by Gasteiger charge is 2.26. The summed E-state index contributed by atoms with van der Waals surface area (Å²) in [5.41, 5.74) is 5.19. The lowest BCUT2D eigenvalue weighted by atomic mass is 9.85. The van der Waals surface area contributed by atoms with Crippen molar-refractivity contribution >= 4 is 32.5 Å². The molecule has 5 nitrogen and oxygen atoms in total. The molecule has 1 N–H and O–H groups in total. The van der Waals surface area contributed by atoms with E-state index in [2.05, 4.69) is 4.72 Å². The van der Waals surface area contributed by atoms with Crippen molar-refractivity contribution in [3.05, 3.63) is 106 Å². The molecule has 0 spiro atoms. The summed E-state index contributed by atoms with van der Waals surface area (Å²) in [7, 11) is -3.86. The lowest BCUT2D eigenvalue weighted by Gasteiger charge is -2.24. The van der Waals surface area contributed by atoms with Crippen LogP contribution >= 0.6 is 0 Å². The highest BCUT2D eigenvalue weighted by Crippen LogP contribution is 2.38. The number of hydrogen-bond donors (Lipinski definition) is 1. The van der Waals surface area contributed by atoms with Gasteiger partial charge in [-0.2, -0.15) is 0 Å². The normalized spacial score (nSPS) is 12.8. The molecule has 4 rings (SSSR count). The summed E-state index contributed by atoms with van der Waals surface area (Å²) in [6.07, 6.45) is 0.164. The Labute approximate surface area is 232 Å². The van der Waals surface area contributed by atoms with Crippen molar-refractivity contribution in [1.29, 1.82) is 0 Å². The van der Waals surface area contributed by atoms with E-state index in [0.29, 0.717) is 10.6 Å². The first-order chi connectivity index (χ1) is 18.3. The summed E-state index contributed by atoms with van der Waals surface area (Å²) in [5, 5.41) is 1.65. The zero-order valence-corrected chi connectivity index (χ0v) is 24.6. The van der Waals surface area contributed by atoms with Crippen LogP contribution < -0.4 is 4.72 Å². The van der Waals surface area contributed by atoms with Gasteiger partial charge in [-0.05, 0) is 93.3 Å². The fraction of sp³-hybridized carbons (Fsp3) is 0.303. The summed E-state index contributed by atoms with van der Waals surface area (Å²) in [5.74, 6) is -0.550. The number of benzene rings is 4. The minimum atomic E-state index is -3.86. The number of anilines is 1. The summed E-state index contributed by atoms with van der Waals surface area (Å²) >= 11 is 0. The molecule has 0 radical (unpaired) electrons. The first-order valence-electron chi connectivity index (χ1n) is 13.2. The standard InChI is InChI=1S/C33H37NO4S/c1-21-19-22(2)24(4)32(23(21)3)39(36,37)34-30-18-17-27(26-15-11-12-16-28(26)30)29(25-13-9-8-10-14-25)20-31(35)38-33(5,6)7/h8-19,29,34H,20H2,1-7H3. The van der Waals surface area contributed by atoms with E-state index in [9.17, 15) is 13.2 Å². The Morgan fingerprint density at radius 3 is 1.97 bits per heavy atom. The van der Waals surface area contributed by atoms with Gasteiger partial charge in [-0.3, -0.25) is 9.52 Å². The molecule has 0 aliphatic heterocycles. The third-order valence-electron chi connectivity index (χ3n) is 7.14. The van der Waals surface area contributed by atoms with Gasteiger partial charge in [-0.25, -0.2) is 8.42 Å². The zero-order chi connectivity index (χ0) is 28.5. The predicted molar refractivity (Wildman–Crippen MR) is 159 cm³/mol. The molecule has 0 heterocycles. The lowest BCUT2D eigenvalue weighted by molar-refractivity contribution is -0.155. The molecule has 0 aliphatic carbocycles. The van der Waals surface area contributed by atoms with Crippen LogP contribution in [0.4, 0.5) is 5.69 Å². The number of carbonyl (C=O) groups excluding carboxylic acids is 1. The Kier molecular flexibility index (Phi) is 7.89. The summed E-state index contributed by atoms with van der Waals surface area (Å²) in [6.45, 7) is 13.1. The minimum Gasteiger partial charge on any atom is -0.460 e. The minimum absolute atomic E-state index is 0.164. The Morgan fingerprint density at radius 2 is 1.38 bits per heavy atom. The molecule has 6 heteroatoms. The van der Waals surface area contributed by atoms with Crippen LogP contribution in [-0.2, 0) is 19.6 Å². The van der Waals surface area contributed by atoms with E-state index >= 15 is 0 Å². The second kappa shape index (κ2) is 10.9. The Balaban J connectivity index is 1.82. The SMILES string of the molecule is Cc1cc(C)c(C)c(S(=O)(=O)Nc2ccc(C(CC(=O)OC(C)(C)C)c3ccccc3)c3ccccc23)c1C. The molecule has 0 aliphatic rings. The van der Waals surface area contributed by atoms with Gasteiger partial charge in [0, 0.05) is 11.3 Å². The van der Waals surface area contributed by atoms with Gasteiger partial charge in [-0.1, -0.05) is 66.7 Å². The van der Waals surface area contributed by atoms with Gasteiger partial charge in [0.05, 0.1) is 17.0 Å². The van der Waals surface area contributed by atoms with Gasteiger partial charge in [0.2, 0.25) is 0 Å². The second-order valence-electron chi connectivity index (χ2n) is 11.2. The quantitative estimate of drug-likeness (QED) is 0.242. The maximum Gasteiger partial charge on any atom is 0.307 e.